The molecule has 1 aliphatic heterocycles. The quantitative estimate of drug-likeness (QED) is 0.588. The van der Waals surface area contributed by atoms with Crippen molar-refractivity contribution >= 4 is 23.4 Å². The SMILES string of the molecule is COc1ccccc1OCCNC(=O)CC[C@@H]1NC(=O)c2ccccc2NC1=O. The Balaban J connectivity index is 1.42. The second kappa shape index (κ2) is 9.59. The minimum absolute atomic E-state index is 0.101. The zero-order valence-electron chi connectivity index (χ0n) is 16.1. The van der Waals surface area contributed by atoms with E-state index in [1.54, 1.807) is 43.5 Å². The summed E-state index contributed by atoms with van der Waals surface area (Å²) >= 11 is 0. The van der Waals surface area contributed by atoms with Crippen LogP contribution in [-0.2, 0) is 9.59 Å². The molecular weight excluding hydrogens is 374 g/mol. The maximum atomic E-state index is 12.3. The molecule has 3 N–H and O–H groups in total. The summed E-state index contributed by atoms with van der Waals surface area (Å²) in [6, 6.07) is 13.3. The van der Waals surface area contributed by atoms with Crippen LogP contribution in [0.3, 0.4) is 0 Å². The summed E-state index contributed by atoms with van der Waals surface area (Å²) in [5, 5.41) is 8.13. The van der Waals surface area contributed by atoms with Crippen molar-refractivity contribution in [1.29, 1.82) is 0 Å². The van der Waals surface area contributed by atoms with Gasteiger partial charge in [-0.2, -0.15) is 0 Å². The molecule has 2 aromatic rings. The van der Waals surface area contributed by atoms with E-state index < -0.39 is 6.04 Å². The molecule has 0 radical (unpaired) electrons. The number of rotatable bonds is 8. The zero-order valence-corrected chi connectivity index (χ0v) is 16.1. The van der Waals surface area contributed by atoms with Crippen molar-refractivity contribution in [2.75, 3.05) is 25.6 Å². The van der Waals surface area contributed by atoms with E-state index in [0.29, 0.717) is 29.3 Å². The average Bonchev–Trinajstić information content (AvgIpc) is 2.86. The minimum Gasteiger partial charge on any atom is -0.493 e. The standard InChI is InChI=1S/C21H23N3O5/c1-28-17-8-4-5-9-18(17)29-13-12-22-19(25)11-10-16-21(27)23-15-7-3-2-6-14(15)20(26)24-16/h2-9,16H,10-13H2,1H3,(H,22,25)(H,23,27)(H,24,26)/t16-/m0/s1. The van der Waals surface area contributed by atoms with E-state index in [9.17, 15) is 14.4 Å². The molecule has 0 spiro atoms. The number of nitrogens with one attached hydrogen (secondary N) is 3. The molecule has 8 nitrogen and oxygen atoms in total. The summed E-state index contributed by atoms with van der Waals surface area (Å²) < 4.78 is 10.8. The highest BCUT2D eigenvalue weighted by Gasteiger charge is 2.27. The maximum Gasteiger partial charge on any atom is 0.254 e. The molecule has 2 aromatic carbocycles. The van der Waals surface area contributed by atoms with E-state index in [-0.39, 0.29) is 37.2 Å². The molecule has 8 heteroatoms. The van der Waals surface area contributed by atoms with Crippen LogP contribution in [0, 0.1) is 0 Å². The van der Waals surface area contributed by atoms with Crippen molar-refractivity contribution in [2.45, 2.75) is 18.9 Å². The smallest absolute Gasteiger partial charge is 0.254 e. The fourth-order valence-corrected chi connectivity index (χ4v) is 2.97. The predicted octanol–water partition coefficient (Wildman–Crippen LogP) is 1.72. The number of methoxy groups -OCH3 is 1. The van der Waals surface area contributed by atoms with E-state index >= 15 is 0 Å². The van der Waals surface area contributed by atoms with Crippen molar-refractivity contribution in [2.24, 2.45) is 0 Å². The van der Waals surface area contributed by atoms with Gasteiger partial charge in [0.25, 0.3) is 5.91 Å². The van der Waals surface area contributed by atoms with Gasteiger partial charge in [0.2, 0.25) is 11.8 Å². The number of carbonyl (C=O) groups excluding carboxylic acids is 3. The Morgan fingerprint density at radius 1 is 1.07 bits per heavy atom. The molecule has 1 atom stereocenters. The second-order valence-corrected chi connectivity index (χ2v) is 6.45. The van der Waals surface area contributed by atoms with Crippen LogP contribution < -0.4 is 25.4 Å². The Morgan fingerprint density at radius 2 is 1.79 bits per heavy atom. The third-order valence-corrected chi connectivity index (χ3v) is 4.46. The number of ether oxygens (including phenoxy) is 2. The van der Waals surface area contributed by atoms with Crippen LogP contribution in [0.5, 0.6) is 11.5 Å². The Morgan fingerprint density at radius 3 is 2.59 bits per heavy atom. The highest BCUT2D eigenvalue weighted by molar-refractivity contribution is 6.09. The van der Waals surface area contributed by atoms with Gasteiger partial charge in [0.15, 0.2) is 11.5 Å². The number of anilines is 1. The number of para-hydroxylation sites is 3. The lowest BCUT2D eigenvalue weighted by atomic mass is 10.1. The summed E-state index contributed by atoms with van der Waals surface area (Å²) in [7, 11) is 1.56. The molecule has 1 heterocycles. The number of carbonyl (C=O) groups is 3. The molecule has 3 amide bonds. The van der Waals surface area contributed by atoms with Crippen LogP contribution in [0.15, 0.2) is 48.5 Å². The van der Waals surface area contributed by atoms with Crippen molar-refractivity contribution in [3.8, 4) is 11.5 Å². The molecule has 0 unspecified atom stereocenters. The van der Waals surface area contributed by atoms with E-state index in [1.807, 2.05) is 12.1 Å². The van der Waals surface area contributed by atoms with Crippen LogP contribution in [-0.4, -0.2) is 44.0 Å². The molecule has 0 bridgehead atoms. The Kier molecular flexibility index (Phi) is 6.67. The molecule has 29 heavy (non-hydrogen) atoms. The van der Waals surface area contributed by atoms with Gasteiger partial charge in [-0.15, -0.1) is 0 Å². The van der Waals surface area contributed by atoms with Crippen molar-refractivity contribution in [1.82, 2.24) is 10.6 Å². The maximum absolute atomic E-state index is 12.3. The first-order valence-corrected chi connectivity index (χ1v) is 9.31. The van der Waals surface area contributed by atoms with Crippen molar-refractivity contribution in [3.05, 3.63) is 54.1 Å². The normalized spacial score (nSPS) is 15.4. The lowest BCUT2D eigenvalue weighted by Crippen LogP contribution is -2.42. The highest BCUT2D eigenvalue weighted by atomic mass is 16.5. The molecule has 3 rings (SSSR count). The largest absolute Gasteiger partial charge is 0.493 e. The van der Waals surface area contributed by atoms with Crippen molar-refractivity contribution < 1.29 is 23.9 Å². The summed E-state index contributed by atoms with van der Waals surface area (Å²) in [6.07, 6.45) is 0.300. The van der Waals surface area contributed by atoms with Gasteiger partial charge in [0, 0.05) is 6.42 Å². The summed E-state index contributed by atoms with van der Waals surface area (Å²) in [5.74, 6) is 0.319. The third kappa shape index (κ3) is 5.25. The number of benzene rings is 2. The Labute approximate surface area is 168 Å². The number of amides is 3. The molecule has 0 aromatic heterocycles. The van der Waals surface area contributed by atoms with Gasteiger partial charge < -0.3 is 25.4 Å². The van der Waals surface area contributed by atoms with Gasteiger partial charge in [-0.3, -0.25) is 14.4 Å². The first-order valence-electron chi connectivity index (χ1n) is 9.31. The molecule has 152 valence electrons. The van der Waals surface area contributed by atoms with Gasteiger partial charge in [0.05, 0.1) is 24.9 Å². The highest BCUT2D eigenvalue weighted by Crippen LogP contribution is 2.25. The van der Waals surface area contributed by atoms with Gasteiger partial charge in [-0.25, -0.2) is 0 Å². The van der Waals surface area contributed by atoms with Crippen molar-refractivity contribution in [3.63, 3.8) is 0 Å². The predicted molar refractivity (Wildman–Crippen MR) is 107 cm³/mol. The van der Waals surface area contributed by atoms with Gasteiger partial charge in [-0.1, -0.05) is 24.3 Å². The average molecular weight is 397 g/mol. The third-order valence-electron chi connectivity index (χ3n) is 4.46. The van der Waals surface area contributed by atoms with Gasteiger partial charge >= 0.3 is 0 Å². The molecule has 0 fully saturated rings. The molecule has 0 saturated carbocycles. The van der Waals surface area contributed by atoms with Crippen LogP contribution in [0.4, 0.5) is 5.69 Å². The second-order valence-electron chi connectivity index (χ2n) is 6.45. The van der Waals surface area contributed by atoms with E-state index in [1.165, 1.54) is 0 Å². The zero-order chi connectivity index (χ0) is 20.6. The minimum atomic E-state index is -0.773. The lowest BCUT2D eigenvalue weighted by Gasteiger charge is -2.14. The first-order chi connectivity index (χ1) is 14.1. The summed E-state index contributed by atoms with van der Waals surface area (Å²) in [6.45, 7) is 0.591. The first kappa shape index (κ1) is 20.2. The Hall–Kier alpha value is -3.55. The van der Waals surface area contributed by atoms with E-state index in [2.05, 4.69) is 16.0 Å². The Bertz CT molecular complexity index is 899. The molecule has 1 aliphatic rings. The van der Waals surface area contributed by atoms with E-state index in [4.69, 9.17) is 9.47 Å². The fraction of sp³-hybridized carbons (Fsp3) is 0.286. The van der Waals surface area contributed by atoms with Crippen LogP contribution >= 0.6 is 0 Å². The summed E-state index contributed by atoms with van der Waals surface area (Å²) in [5.41, 5.74) is 0.872. The van der Waals surface area contributed by atoms with Crippen LogP contribution in [0.1, 0.15) is 23.2 Å². The van der Waals surface area contributed by atoms with Gasteiger partial charge in [0.1, 0.15) is 12.6 Å². The molecular formula is C21H23N3O5. The topological polar surface area (TPSA) is 106 Å². The fourth-order valence-electron chi connectivity index (χ4n) is 2.97. The summed E-state index contributed by atoms with van der Waals surface area (Å²) in [4.78, 5) is 36.7. The van der Waals surface area contributed by atoms with Crippen LogP contribution in [0.2, 0.25) is 0 Å². The number of hydrogen-bond donors (Lipinski definition) is 3. The molecule has 0 saturated heterocycles. The lowest BCUT2D eigenvalue weighted by molar-refractivity contribution is -0.122. The van der Waals surface area contributed by atoms with Crippen LogP contribution in [0.25, 0.3) is 0 Å². The number of hydrogen-bond acceptors (Lipinski definition) is 5. The molecule has 0 aliphatic carbocycles. The monoisotopic (exact) mass is 397 g/mol. The number of fused-ring (bicyclic) bond motifs is 1. The van der Waals surface area contributed by atoms with E-state index in [0.717, 1.165) is 0 Å². The van der Waals surface area contributed by atoms with Gasteiger partial charge in [-0.05, 0) is 30.7 Å².